The van der Waals surface area contributed by atoms with Crippen LogP contribution in [0, 0.1) is 5.92 Å². The highest BCUT2D eigenvalue weighted by Gasteiger charge is 2.30. The van der Waals surface area contributed by atoms with Crippen molar-refractivity contribution in [3.8, 4) is 0 Å². The van der Waals surface area contributed by atoms with E-state index in [0.717, 1.165) is 12.1 Å². The van der Waals surface area contributed by atoms with Crippen LogP contribution in [0.4, 0.5) is 13.2 Å². The third kappa shape index (κ3) is 4.12. The fraction of sp³-hybridized carbons (Fsp3) is 0.462. The van der Waals surface area contributed by atoms with E-state index >= 15 is 0 Å². The molecule has 0 saturated heterocycles. The molecule has 0 radical (unpaired) electrons. The quantitative estimate of drug-likeness (QED) is 0.758. The van der Waals surface area contributed by atoms with E-state index in [-0.39, 0.29) is 16.5 Å². The van der Waals surface area contributed by atoms with Crippen LogP contribution in [-0.4, -0.2) is 10.6 Å². The first kappa shape index (κ1) is 15.2. The summed E-state index contributed by atoms with van der Waals surface area (Å²) >= 11 is 3.27. The Bertz CT molecular complexity index is 409. The summed E-state index contributed by atoms with van der Waals surface area (Å²) in [5, 5.41) is 0. The van der Waals surface area contributed by atoms with Gasteiger partial charge in [-0.2, -0.15) is 13.2 Å². The Morgan fingerprint density at radius 2 is 1.72 bits per heavy atom. The van der Waals surface area contributed by atoms with Crippen molar-refractivity contribution in [3.05, 3.63) is 35.4 Å². The van der Waals surface area contributed by atoms with Gasteiger partial charge in [-0.1, -0.05) is 41.9 Å². The van der Waals surface area contributed by atoms with Crippen molar-refractivity contribution < 1.29 is 18.0 Å². The molecule has 1 aromatic carbocycles. The molecule has 0 amide bonds. The summed E-state index contributed by atoms with van der Waals surface area (Å²) in [6, 6.07) is 4.89. The summed E-state index contributed by atoms with van der Waals surface area (Å²) in [6.07, 6.45) is -3.92. The number of hydrogen-bond donors (Lipinski definition) is 0. The predicted molar refractivity (Wildman–Crippen MR) is 67.7 cm³/mol. The Morgan fingerprint density at radius 3 is 2.11 bits per heavy atom. The lowest BCUT2D eigenvalue weighted by Gasteiger charge is -2.12. The van der Waals surface area contributed by atoms with Crippen molar-refractivity contribution in [1.29, 1.82) is 0 Å². The zero-order valence-corrected chi connectivity index (χ0v) is 11.7. The molecule has 1 rings (SSSR count). The van der Waals surface area contributed by atoms with Crippen LogP contribution in [0.25, 0.3) is 0 Å². The first-order valence-electron chi connectivity index (χ1n) is 5.55. The minimum Gasteiger partial charge on any atom is -0.298 e. The molecule has 0 aliphatic heterocycles. The van der Waals surface area contributed by atoms with Gasteiger partial charge in [-0.15, -0.1) is 0 Å². The van der Waals surface area contributed by atoms with Crippen LogP contribution in [0.1, 0.15) is 25.0 Å². The Morgan fingerprint density at radius 1 is 1.22 bits per heavy atom. The second kappa shape index (κ2) is 5.87. The minimum atomic E-state index is -4.32. The van der Waals surface area contributed by atoms with Gasteiger partial charge in [0.2, 0.25) is 0 Å². The summed E-state index contributed by atoms with van der Waals surface area (Å²) in [4.78, 5) is 11.3. The van der Waals surface area contributed by atoms with Gasteiger partial charge in [0.1, 0.15) is 5.78 Å². The number of Topliss-reactive ketones (excluding diaryl/α,β-unsaturated/α-hetero) is 1. The van der Waals surface area contributed by atoms with Gasteiger partial charge in [0.15, 0.2) is 0 Å². The summed E-state index contributed by atoms with van der Waals surface area (Å²) in [5.41, 5.74) is 0.0337. The van der Waals surface area contributed by atoms with Gasteiger partial charge in [-0.3, -0.25) is 4.79 Å². The standard InChI is InChI=1S/C13H14BrF3O/c1-8(2)12(18)11(14)7-9-3-5-10(6-4-9)13(15,16)17/h3-6,8,11H,7H2,1-2H3. The second-order valence-corrected chi connectivity index (χ2v) is 5.53. The average Bonchev–Trinajstić information content (AvgIpc) is 2.27. The molecule has 1 aromatic rings. The van der Waals surface area contributed by atoms with Crippen LogP contribution in [0.2, 0.25) is 0 Å². The molecule has 0 fully saturated rings. The molecule has 0 saturated carbocycles. The number of hydrogen-bond acceptors (Lipinski definition) is 1. The number of halogens is 4. The van der Waals surface area contributed by atoms with Gasteiger partial charge in [-0.05, 0) is 24.1 Å². The summed E-state index contributed by atoms with van der Waals surface area (Å²) in [5.74, 6) is -0.0429. The van der Waals surface area contributed by atoms with Crippen molar-refractivity contribution in [2.45, 2.75) is 31.3 Å². The Hall–Kier alpha value is -0.840. The molecule has 5 heteroatoms. The van der Waals surface area contributed by atoms with E-state index < -0.39 is 11.7 Å². The fourth-order valence-corrected chi connectivity index (χ4v) is 2.40. The number of rotatable bonds is 4. The normalized spacial score (nSPS) is 13.7. The van der Waals surface area contributed by atoms with Crippen LogP contribution in [-0.2, 0) is 17.4 Å². The van der Waals surface area contributed by atoms with Crippen LogP contribution < -0.4 is 0 Å². The molecule has 0 aromatic heterocycles. The van der Waals surface area contributed by atoms with E-state index in [1.165, 1.54) is 12.1 Å². The Labute approximate surface area is 113 Å². The van der Waals surface area contributed by atoms with Gasteiger partial charge in [0.25, 0.3) is 0 Å². The van der Waals surface area contributed by atoms with Crippen LogP contribution in [0.3, 0.4) is 0 Å². The highest BCUT2D eigenvalue weighted by Crippen LogP contribution is 2.29. The molecule has 18 heavy (non-hydrogen) atoms. The molecular weight excluding hydrogens is 309 g/mol. The SMILES string of the molecule is CC(C)C(=O)C(Br)Cc1ccc(C(F)(F)F)cc1. The lowest BCUT2D eigenvalue weighted by atomic mass is 10.0. The molecule has 1 atom stereocenters. The second-order valence-electron chi connectivity index (χ2n) is 4.42. The average molecular weight is 323 g/mol. The van der Waals surface area contributed by atoms with Crippen molar-refractivity contribution in [2.75, 3.05) is 0 Å². The summed E-state index contributed by atoms with van der Waals surface area (Å²) < 4.78 is 37.1. The molecule has 0 aliphatic rings. The molecule has 100 valence electrons. The summed E-state index contributed by atoms with van der Waals surface area (Å²) in [6.45, 7) is 3.59. The fourth-order valence-electron chi connectivity index (χ4n) is 1.50. The van der Waals surface area contributed by atoms with Gasteiger partial charge < -0.3 is 0 Å². The largest absolute Gasteiger partial charge is 0.416 e. The van der Waals surface area contributed by atoms with E-state index in [4.69, 9.17) is 0 Å². The monoisotopic (exact) mass is 322 g/mol. The zero-order valence-electron chi connectivity index (χ0n) is 10.1. The van der Waals surface area contributed by atoms with Crippen LogP contribution in [0.5, 0.6) is 0 Å². The maximum atomic E-state index is 12.4. The number of carbonyl (C=O) groups is 1. The number of benzene rings is 1. The zero-order chi connectivity index (χ0) is 13.9. The summed E-state index contributed by atoms with van der Waals surface area (Å²) in [7, 11) is 0. The maximum absolute atomic E-state index is 12.4. The third-order valence-corrected chi connectivity index (χ3v) is 3.35. The van der Waals surface area contributed by atoms with Gasteiger partial charge in [-0.25, -0.2) is 0 Å². The molecule has 0 spiro atoms. The Balaban J connectivity index is 2.73. The smallest absolute Gasteiger partial charge is 0.298 e. The van der Waals surface area contributed by atoms with E-state index in [1.54, 1.807) is 13.8 Å². The van der Waals surface area contributed by atoms with E-state index in [9.17, 15) is 18.0 Å². The van der Waals surface area contributed by atoms with Gasteiger partial charge in [0, 0.05) is 5.92 Å². The maximum Gasteiger partial charge on any atom is 0.416 e. The van der Waals surface area contributed by atoms with Crippen molar-refractivity contribution in [2.24, 2.45) is 5.92 Å². The first-order chi connectivity index (χ1) is 8.21. The number of ketones is 1. The van der Waals surface area contributed by atoms with E-state index in [2.05, 4.69) is 15.9 Å². The number of alkyl halides is 4. The topological polar surface area (TPSA) is 17.1 Å². The first-order valence-corrected chi connectivity index (χ1v) is 6.47. The van der Waals surface area contributed by atoms with Gasteiger partial charge in [0.05, 0.1) is 10.4 Å². The highest BCUT2D eigenvalue weighted by atomic mass is 79.9. The highest BCUT2D eigenvalue weighted by molar-refractivity contribution is 9.10. The molecule has 1 nitrogen and oxygen atoms in total. The van der Waals surface area contributed by atoms with E-state index in [1.807, 2.05) is 0 Å². The Kier molecular flexibility index (Phi) is 4.96. The molecular formula is C13H14BrF3O. The van der Waals surface area contributed by atoms with Crippen molar-refractivity contribution in [1.82, 2.24) is 0 Å². The molecule has 0 bridgehead atoms. The molecule has 0 aliphatic carbocycles. The lowest BCUT2D eigenvalue weighted by Crippen LogP contribution is -2.21. The predicted octanol–water partition coefficient (Wildman–Crippen LogP) is 4.24. The molecule has 0 N–H and O–H groups in total. The third-order valence-electron chi connectivity index (χ3n) is 2.57. The molecule has 1 unspecified atom stereocenters. The lowest BCUT2D eigenvalue weighted by molar-refractivity contribution is -0.137. The molecule has 0 heterocycles. The van der Waals surface area contributed by atoms with Gasteiger partial charge >= 0.3 is 6.18 Å². The number of carbonyl (C=O) groups excluding carboxylic acids is 1. The van der Waals surface area contributed by atoms with Crippen LogP contribution >= 0.6 is 15.9 Å². The van der Waals surface area contributed by atoms with Crippen LogP contribution in [0.15, 0.2) is 24.3 Å². The van der Waals surface area contributed by atoms with Crippen molar-refractivity contribution >= 4 is 21.7 Å². The van der Waals surface area contributed by atoms with Crippen molar-refractivity contribution in [3.63, 3.8) is 0 Å². The van der Waals surface area contributed by atoms with E-state index in [0.29, 0.717) is 12.0 Å². The minimum absolute atomic E-state index is 0.0508.